The van der Waals surface area contributed by atoms with Gasteiger partial charge >= 0.3 is 0 Å². The molecular formula is C15H14ClNO3. The van der Waals surface area contributed by atoms with Gasteiger partial charge in [-0.2, -0.15) is 0 Å². The zero-order valence-electron chi connectivity index (χ0n) is 10.9. The van der Waals surface area contributed by atoms with Crippen molar-refractivity contribution in [2.75, 3.05) is 12.4 Å². The average molecular weight is 292 g/mol. The van der Waals surface area contributed by atoms with E-state index in [1.165, 1.54) is 19.2 Å². The molecule has 2 N–H and O–H groups in total. The van der Waals surface area contributed by atoms with E-state index in [9.17, 15) is 9.90 Å². The van der Waals surface area contributed by atoms with Crippen LogP contribution in [-0.2, 0) is 5.88 Å². The molecular weight excluding hydrogens is 278 g/mol. The molecule has 0 aliphatic heterocycles. The van der Waals surface area contributed by atoms with Crippen molar-refractivity contribution in [3.8, 4) is 11.5 Å². The normalized spacial score (nSPS) is 10.1. The maximum absolute atomic E-state index is 12.2. The lowest BCUT2D eigenvalue weighted by Gasteiger charge is -2.11. The molecule has 0 spiro atoms. The minimum absolute atomic E-state index is 0.105. The Balaban J connectivity index is 2.28. The lowest BCUT2D eigenvalue weighted by atomic mass is 10.1. The number of rotatable bonds is 4. The summed E-state index contributed by atoms with van der Waals surface area (Å²) in [5.74, 6) is 0.268. The molecule has 0 saturated carbocycles. The number of carbonyl (C=O) groups excluding carboxylic acids is 1. The number of hydrogen-bond donors (Lipinski definition) is 2. The average Bonchev–Trinajstić information content (AvgIpc) is 2.48. The van der Waals surface area contributed by atoms with E-state index in [-0.39, 0.29) is 11.3 Å². The van der Waals surface area contributed by atoms with Gasteiger partial charge in [0.2, 0.25) is 0 Å². The molecule has 2 aromatic rings. The zero-order chi connectivity index (χ0) is 14.5. The summed E-state index contributed by atoms with van der Waals surface area (Å²) in [5.41, 5.74) is 1.58. The first-order chi connectivity index (χ1) is 9.65. The van der Waals surface area contributed by atoms with Gasteiger partial charge in [0.05, 0.1) is 12.7 Å². The number of methoxy groups -OCH3 is 1. The van der Waals surface area contributed by atoms with E-state index < -0.39 is 5.91 Å². The number of amides is 1. The summed E-state index contributed by atoms with van der Waals surface area (Å²) in [5, 5.41) is 12.5. The van der Waals surface area contributed by atoms with Crippen LogP contribution in [-0.4, -0.2) is 18.1 Å². The van der Waals surface area contributed by atoms with Crippen LogP contribution in [0.4, 0.5) is 5.69 Å². The van der Waals surface area contributed by atoms with E-state index in [2.05, 4.69) is 5.32 Å². The van der Waals surface area contributed by atoms with Crippen LogP contribution in [0.25, 0.3) is 0 Å². The number of alkyl halides is 1. The van der Waals surface area contributed by atoms with Crippen LogP contribution in [0.1, 0.15) is 15.9 Å². The van der Waals surface area contributed by atoms with Gasteiger partial charge in [0.1, 0.15) is 11.5 Å². The number of para-hydroxylation sites is 1. The van der Waals surface area contributed by atoms with Crippen molar-refractivity contribution in [2.24, 2.45) is 0 Å². The van der Waals surface area contributed by atoms with Gasteiger partial charge in [-0.1, -0.05) is 18.2 Å². The molecule has 4 nitrogen and oxygen atoms in total. The van der Waals surface area contributed by atoms with Crippen molar-refractivity contribution in [3.63, 3.8) is 0 Å². The second kappa shape index (κ2) is 6.30. The van der Waals surface area contributed by atoms with E-state index >= 15 is 0 Å². The maximum Gasteiger partial charge on any atom is 0.259 e. The lowest BCUT2D eigenvalue weighted by molar-refractivity contribution is 0.102. The highest BCUT2D eigenvalue weighted by Gasteiger charge is 2.13. The molecule has 104 valence electrons. The van der Waals surface area contributed by atoms with Gasteiger partial charge in [0.15, 0.2) is 0 Å². The third-order valence-electron chi connectivity index (χ3n) is 2.86. The molecule has 0 aromatic heterocycles. The van der Waals surface area contributed by atoms with Crippen molar-refractivity contribution in [3.05, 3.63) is 53.6 Å². The smallest absolute Gasteiger partial charge is 0.259 e. The minimum Gasteiger partial charge on any atom is -0.507 e. The van der Waals surface area contributed by atoms with Gasteiger partial charge in [-0.25, -0.2) is 0 Å². The fourth-order valence-electron chi connectivity index (χ4n) is 1.77. The highest BCUT2D eigenvalue weighted by atomic mass is 35.5. The molecule has 0 radical (unpaired) electrons. The van der Waals surface area contributed by atoms with Crippen molar-refractivity contribution < 1.29 is 14.6 Å². The predicted octanol–water partition coefficient (Wildman–Crippen LogP) is 3.39. The summed E-state index contributed by atoms with van der Waals surface area (Å²) < 4.78 is 5.04. The summed E-state index contributed by atoms with van der Waals surface area (Å²) in [6.07, 6.45) is 0. The zero-order valence-corrected chi connectivity index (χ0v) is 11.6. The molecule has 0 fully saturated rings. The molecule has 1 amide bonds. The summed E-state index contributed by atoms with van der Waals surface area (Å²) in [7, 11) is 1.50. The number of phenols is 1. The number of nitrogens with one attached hydrogen (secondary N) is 1. The maximum atomic E-state index is 12.2. The van der Waals surface area contributed by atoms with Crippen molar-refractivity contribution in [1.29, 1.82) is 0 Å². The Labute approximate surface area is 122 Å². The Morgan fingerprint density at radius 3 is 2.75 bits per heavy atom. The highest BCUT2D eigenvalue weighted by molar-refractivity contribution is 6.17. The minimum atomic E-state index is -0.418. The molecule has 5 heteroatoms. The van der Waals surface area contributed by atoms with Crippen LogP contribution in [0, 0.1) is 0 Å². The van der Waals surface area contributed by atoms with Crippen LogP contribution < -0.4 is 10.1 Å². The van der Waals surface area contributed by atoms with Gasteiger partial charge in [-0.3, -0.25) is 4.79 Å². The number of phenolic OH excluding ortho intramolecular Hbond substituents is 1. The summed E-state index contributed by atoms with van der Waals surface area (Å²) >= 11 is 5.82. The molecule has 2 aromatic carbocycles. The topological polar surface area (TPSA) is 58.6 Å². The molecule has 0 unspecified atom stereocenters. The molecule has 2 rings (SSSR count). The quantitative estimate of drug-likeness (QED) is 0.849. The van der Waals surface area contributed by atoms with Crippen molar-refractivity contribution >= 4 is 23.2 Å². The van der Waals surface area contributed by atoms with E-state index in [0.717, 1.165) is 5.56 Å². The Morgan fingerprint density at radius 1 is 1.30 bits per heavy atom. The van der Waals surface area contributed by atoms with Gasteiger partial charge in [0.25, 0.3) is 5.91 Å². The van der Waals surface area contributed by atoms with E-state index in [1.807, 2.05) is 12.1 Å². The van der Waals surface area contributed by atoms with Crippen LogP contribution >= 0.6 is 11.6 Å². The Bertz CT molecular complexity index is 628. The molecule has 0 aliphatic rings. The molecule has 0 bridgehead atoms. The van der Waals surface area contributed by atoms with E-state index in [4.69, 9.17) is 16.3 Å². The second-order valence-corrected chi connectivity index (χ2v) is 4.40. The summed E-state index contributed by atoms with van der Waals surface area (Å²) in [6, 6.07) is 11.7. The SMILES string of the molecule is COc1ccc(O)c(C(=O)Nc2ccccc2CCl)c1. The van der Waals surface area contributed by atoms with Crippen LogP contribution in [0.2, 0.25) is 0 Å². The number of aromatic hydroxyl groups is 1. The molecule has 20 heavy (non-hydrogen) atoms. The second-order valence-electron chi connectivity index (χ2n) is 4.13. The van der Waals surface area contributed by atoms with Gasteiger partial charge in [-0.15, -0.1) is 11.6 Å². The first kappa shape index (κ1) is 14.2. The number of anilines is 1. The van der Waals surface area contributed by atoms with E-state index in [1.54, 1.807) is 18.2 Å². The third kappa shape index (κ3) is 3.03. The van der Waals surface area contributed by atoms with Crippen LogP contribution in [0.15, 0.2) is 42.5 Å². The number of ether oxygens (including phenoxy) is 1. The summed E-state index contributed by atoms with van der Waals surface area (Å²) in [4.78, 5) is 12.2. The van der Waals surface area contributed by atoms with Gasteiger partial charge in [0, 0.05) is 11.6 Å². The van der Waals surface area contributed by atoms with Crippen molar-refractivity contribution in [1.82, 2.24) is 0 Å². The van der Waals surface area contributed by atoms with Crippen LogP contribution in [0.3, 0.4) is 0 Å². The van der Waals surface area contributed by atoms with Crippen molar-refractivity contribution in [2.45, 2.75) is 5.88 Å². The fraction of sp³-hybridized carbons (Fsp3) is 0.133. The summed E-state index contributed by atoms with van der Waals surface area (Å²) in [6.45, 7) is 0. The van der Waals surface area contributed by atoms with Gasteiger partial charge < -0.3 is 15.2 Å². The standard InChI is InChI=1S/C15H14ClNO3/c1-20-11-6-7-14(18)12(8-11)15(19)17-13-5-3-2-4-10(13)9-16/h2-8,18H,9H2,1H3,(H,17,19). The van der Waals surface area contributed by atoms with Gasteiger partial charge in [-0.05, 0) is 29.8 Å². The predicted molar refractivity (Wildman–Crippen MR) is 78.6 cm³/mol. The first-order valence-electron chi connectivity index (χ1n) is 5.98. The molecule has 0 saturated heterocycles. The number of benzene rings is 2. The van der Waals surface area contributed by atoms with Crippen LogP contribution in [0.5, 0.6) is 11.5 Å². The first-order valence-corrected chi connectivity index (χ1v) is 6.51. The Kier molecular flexibility index (Phi) is 4.48. The molecule has 0 atom stereocenters. The lowest BCUT2D eigenvalue weighted by Crippen LogP contribution is -2.13. The monoisotopic (exact) mass is 291 g/mol. The third-order valence-corrected chi connectivity index (χ3v) is 3.15. The van der Waals surface area contributed by atoms with E-state index in [0.29, 0.717) is 17.3 Å². The number of hydrogen-bond acceptors (Lipinski definition) is 3. The Morgan fingerprint density at radius 2 is 2.05 bits per heavy atom. The Hall–Kier alpha value is -2.20. The molecule has 0 aliphatic carbocycles. The fourth-order valence-corrected chi connectivity index (χ4v) is 2.01. The number of halogens is 1. The molecule has 0 heterocycles. The largest absolute Gasteiger partial charge is 0.507 e. The number of carbonyl (C=O) groups is 1. The highest BCUT2D eigenvalue weighted by Crippen LogP contribution is 2.25.